The molecule has 1 aliphatic heterocycles. The Labute approximate surface area is 66.0 Å². The first-order valence-corrected chi connectivity index (χ1v) is 3.78. The van der Waals surface area contributed by atoms with Crippen molar-refractivity contribution >= 4 is 0 Å². The molecule has 0 aliphatic carbocycles. The van der Waals surface area contributed by atoms with E-state index >= 15 is 0 Å². The minimum atomic E-state index is 0.448. The molecule has 1 N–H and O–H groups in total. The van der Waals surface area contributed by atoms with Gasteiger partial charge in [-0.3, -0.25) is 4.98 Å². The Hall–Kier alpha value is -1.31. The molecule has 2 nitrogen and oxygen atoms in total. The van der Waals surface area contributed by atoms with Gasteiger partial charge in [0.2, 0.25) is 0 Å². The molecule has 0 bridgehead atoms. The largest absolute Gasteiger partial charge is 0.384 e. The summed E-state index contributed by atoms with van der Waals surface area (Å²) in [5.74, 6) is 0. The molecule has 1 aliphatic rings. The maximum Gasteiger partial charge on any atom is 0.0558 e. The van der Waals surface area contributed by atoms with Gasteiger partial charge in [-0.2, -0.15) is 0 Å². The van der Waals surface area contributed by atoms with Crippen molar-refractivity contribution in [2.75, 3.05) is 0 Å². The van der Waals surface area contributed by atoms with Crippen LogP contribution in [0, 0.1) is 0 Å². The zero-order valence-electron chi connectivity index (χ0n) is 6.20. The van der Waals surface area contributed by atoms with Crippen molar-refractivity contribution in [2.24, 2.45) is 0 Å². The molecule has 0 aromatic carbocycles. The van der Waals surface area contributed by atoms with Crippen molar-refractivity contribution < 1.29 is 0 Å². The van der Waals surface area contributed by atoms with Gasteiger partial charge in [0.05, 0.1) is 6.04 Å². The van der Waals surface area contributed by atoms with Crippen molar-refractivity contribution in [1.82, 2.24) is 10.3 Å². The first-order valence-electron chi connectivity index (χ1n) is 3.78. The molecule has 56 valence electrons. The van der Waals surface area contributed by atoms with Crippen LogP contribution in [-0.2, 0) is 0 Å². The SMILES string of the molecule is C1=CN[C@@H](c2cccnc2)C1. The maximum atomic E-state index is 4.06. The molecular weight excluding hydrogens is 136 g/mol. The molecule has 1 atom stereocenters. The number of pyridine rings is 1. The van der Waals surface area contributed by atoms with E-state index in [4.69, 9.17) is 0 Å². The van der Waals surface area contributed by atoms with Gasteiger partial charge in [0.1, 0.15) is 0 Å². The van der Waals surface area contributed by atoms with Crippen LogP contribution in [0.4, 0.5) is 0 Å². The maximum absolute atomic E-state index is 4.06. The summed E-state index contributed by atoms with van der Waals surface area (Å²) >= 11 is 0. The van der Waals surface area contributed by atoms with Gasteiger partial charge in [0.25, 0.3) is 0 Å². The van der Waals surface area contributed by atoms with Gasteiger partial charge < -0.3 is 5.32 Å². The fraction of sp³-hybridized carbons (Fsp3) is 0.222. The molecule has 2 heterocycles. The van der Waals surface area contributed by atoms with E-state index in [-0.39, 0.29) is 0 Å². The Balaban J connectivity index is 2.17. The summed E-state index contributed by atoms with van der Waals surface area (Å²) in [6, 6.07) is 4.51. The minimum Gasteiger partial charge on any atom is -0.384 e. The fourth-order valence-electron chi connectivity index (χ4n) is 1.27. The minimum absolute atomic E-state index is 0.448. The Bertz CT molecular complexity index is 246. The lowest BCUT2D eigenvalue weighted by Crippen LogP contribution is -2.09. The van der Waals surface area contributed by atoms with Gasteiger partial charge >= 0.3 is 0 Å². The van der Waals surface area contributed by atoms with Crippen molar-refractivity contribution in [3.63, 3.8) is 0 Å². The quantitative estimate of drug-likeness (QED) is 0.651. The molecule has 0 radical (unpaired) electrons. The van der Waals surface area contributed by atoms with Crippen molar-refractivity contribution in [3.05, 3.63) is 42.4 Å². The average molecular weight is 146 g/mol. The van der Waals surface area contributed by atoms with Crippen LogP contribution < -0.4 is 5.32 Å². The van der Waals surface area contributed by atoms with E-state index in [2.05, 4.69) is 22.4 Å². The van der Waals surface area contributed by atoms with Crippen LogP contribution in [0.25, 0.3) is 0 Å². The number of nitrogens with one attached hydrogen (secondary N) is 1. The lowest BCUT2D eigenvalue weighted by molar-refractivity contribution is 0.670. The first kappa shape index (κ1) is 6.40. The summed E-state index contributed by atoms with van der Waals surface area (Å²) in [5, 5.41) is 3.25. The molecule has 2 heteroatoms. The highest BCUT2D eigenvalue weighted by Gasteiger charge is 2.10. The zero-order valence-corrected chi connectivity index (χ0v) is 6.20. The lowest BCUT2D eigenvalue weighted by atomic mass is 10.1. The molecule has 1 aromatic rings. The normalized spacial score (nSPS) is 21.6. The standard InChI is InChI=1S/C9H10N2/c1-3-8(7-10-5-1)9-4-2-6-11-9/h1-3,5-7,9,11H,4H2/t9-/m1/s1. The summed E-state index contributed by atoms with van der Waals surface area (Å²) in [4.78, 5) is 4.06. The Kier molecular flexibility index (Phi) is 1.60. The number of nitrogens with zero attached hydrogens (tertiary/aromatic N) is 1. The van der Waals surface area contributed by atoms with Crippen LogP contribution in [0.2, 0.25) is 0 Å². The van der Waals surface area contributed by atoms with Crippen molar-refractivity contribution in [2.45, 2.75) is 12.5 Å². The summed E-state index contributed by atoms with van der Waals surface area (Å²) < 4.78 is 0. The Morgan fingerprint density at radius 3 is 3.18 bits per heavy atom. The van der Waals surface area contributed by atoms with E-state index in [1.54, 1.807) is 6.20 Å². The number of hydrogen-bond acceptors (Lipinski definition) is 2. The predicted octanol–water partition coefficient (Wildman–Crippen LogP) is 1.63. The zero-order chi connectivity index (χ0) is 7.52. The number of hydrogen-bond donors (Lipinski definition) is 1. The smallest absolute Gasteiger partial charge is 0.0558 e. The summed E-state index contributed by atoms with van der Waals surface area (Å²) in [6.45, 7) is 0. The first-order chi connectivity index (χ1) is 5.47. The van der Waals surface area contributed by atoms with E-state index in [9.17, 15) is 0 Å². The van der Waals surface area contributed by atoms with Gasteiger partial charge in [-0.05, 0) is 24.3 Å². The Morgan fingerprint density at radius 2 is 2.55 bits per heavy atom. The third kappa shape index (κ3) is 1.24. The van der Waals surface area contributed by atoms with Gasteiger partial charge in [0.15, 0.2) is 0 Å². The lowest BCUT2D eigenvalue weighted by Gasteiger charge is -2.09. The topological polar surface area (TPSA) is 24.9 Å². The summed E-state index contributed by atoms with van der Waals surface area (Å²) in [5.41, 5.74) is 1.26. The average Bonchev–Trinajstić information content (AvgIpc) is 2.58. The summed E-state index contributed by atoms with van der Waals surface area (Å²) in [7, 11) is 0. The summed E-state index contributed by atoms with van der Waals surface area (Å²) in [6.07, 6.45) is 8.91. The van der Waals surface area contributed by atoms with Gasteiger partial charge in [-0.1, -0.05) is 12.1 Å². The fourth-order valence-corrected chi connectivity index (χ4v) is 1.27. The molecule has 1 aromatic heterocycles. The highest BCUT2D eigenvalue weighted by Crippen LogP contribution is 2.19. The van der Waals surface area contributed by atoms with Crippen molar-refractivity contribution in [1.29, 1.82) is 0 Å². The van der Waals surface area contributed by atoms with Crippen LogP contribution in [0.5, 0.6) is 0 Å². The van der Waals surface area contributed by atoms with Crippen LogP contribution in [0.3, 0.4) is 0 Å². The van der Waals surface area contributed by atoms with Crippen LogP contribution in [-0.4, -0.2) is 4.98 Å². The molecule has 0 fully saturated rings. The van der Waals surface area contributed by atoms with Gasteiger partial charge in [-0.15, -0.1) is 0 Å². The molecule has 0 saturated heterocycles. The molecule has 0 saturated carbocycles. The molecular formula is C9H10N2. The van der Waals surface area contributed by atoms with Crippen LogP contribution in [0.1, 0.15) is 18.0 Å². The predicted molar refractivity (Wildman–Crippen MR) is 43.9 cm³/mol. The van der Waals surface area contributed by atoms with E-state index in [1.807, 2.05) is 18.5 Å². The third-order valence-electron chi connectivity index (χ3n) is 1.87. The van der Waals surface area contributed by atoms with E-state index < -0.39 is 0 Å². The molecule has 11 heavy (non-hydrogen) atoms. The number of aromatic nitrogens is 1. The van der Waals surface area contributed by atoms with Gasteiger partial charge in [0, 0.05) is 12.4 Å². The molecule has 2 rings (SSSR count). The second kappa shape index (κ2) is 2.74. The molecule has 0 spiro atoms. The van der Waals surface area contributed by atoms with E-state index in [1.165, 1.54) is 5.56 Å². The van der Waals surface area contributed by atoms with Crippen LogP contribution >= 0.6 is 0 Å². The van der Waals surface area contributed by atoms with E-state index in [0.717, 1.165) is 6.42 Å². The van der Waals surface area contributed by atoms with Gasteiger partial charge in [-0.25, -0.2) is 0 Å². The Morgan fingerprint density at radius 1 is 1.55 bits per heavy atom. The number of rotatable bonds is 1. The second-order valence-corrected chi connectivity index (χ2v) is 2.64. The molecule has 0 unspecified atom stereocenters. The van der Waals surface area contributed by atoms with Crippen molar-refractivity contribution in [3.8, 4) is 0 Å². The second-order valence-electron chi connectivity index (χ2n) is 2.64. The third-order valence-corrected chi connectivity index (χ3v) is 1.87. The van der Waals surface area contributed by atoms with Crippen LogP contribution in [0.15, 0.2) is 36.8 Å². The van der Waals surface area contributed by atoms with E-state index in [0.29, 0.717) is 6.04 Å². The highest BCUT2D eigenvalue weighted by molar-refractivity contribution is 5.17. The highest BCUT2D eigenvalue weighted by atomic mass is 14.9. The molecule has 0 amide bonds. The monoisotopic (exact) mass is 146 g/mol.